The lowest BCUT2D eigenvalue weighted by atomic mass is 10.2. The van der Waals surface area contributed by atoms with E-state index >= 15 is 0 Å². The number of rotatable bonds is 7. The second-order valence-corrected chi connectivity index (χ2v) is 4.12. The summed E-state index contributed by atoms with van der Waals surface area (Å²) in [5.41, 5.74) is 1.81. The standard InChI is InChI=1S/C14H19NO4/c1-10(6-14(16)17)8-15-9-11-4-5-12(18-2)13(7-11)19-3/h4-7,15H,8-9H2,1-3H3,(H,16,17)/b10-6+. The lowest BCUT2D eigenvalue weighted by Crippen LogP contribution is -2.16. The molecule has 0 saturated heterocycles. The third-order valence-corrected chi connectivity index (χ3v) is 2.55. The van der Waals surface area contributed by atoms with Gasteiger partial charge in [-0.05, 0) is 24.6 Å². The van der Waals surface area contributed by atoms with Gasteiger partial charge in [-0.25, -0.2) is 4.79 Å². The van der Waals surface area contributed by atoms with Crippen molar-refractivity contribution in [1.29, 1.82) is 0 Å². The van der Waals surface area contributed by atoms with Gasteiger partial charge in [0.05, 0.1) is 14.2 Å². The van der Waals surface area contributed by atoms with Gasteiger partial charge in [-0.3, -0.25) is 0 Å². The van der Waals surface area contributed by atoms with Crippen LogP contribution in [0.15, 0.2) is 29.8 Å². The van der Waals surface area contributed by atoms with Crippen LogP contribution in [0.4, 0.5) is 0 Å². The van der Waals surface area contributed by atoms with E-state index in [1.807, 2.05) is 18.2 Å². The maximum atomic E-state index is 10.5. The first-order chi connectivity index (χ1) is 9.06. The van der Waals surface area contributed by atoms with Crippen molar-refractivity contribution in [3.05, 3.63) is 35.4 Å². The smallest absolute Gasteiger partial charge is 0.328 e. The van der Waals surface area contributed by atoms with Gasteiger partial charge < -0.3 is 19.9 Å². The quantitative estimate of drug-likeness (QED) is 0.736. The second kappa shape index (κ2) is 7.43. The maximum absolute atomic E-state index is 10.5. The summed E-state index contributed by atoms with van der Waals surface area (Å²) in [6.45, 7) is 2.93. The second-order valence-electron chi connectivity index (χ2n) is 4.12. The fourth-order valence-corrected chi connectivity index (χ4v) is 1.66. The third kappa shape index (κ3) is 5.01. The van der Waals surface area contributed by atoms with Crippen LogP contribution in [0.1, 0.15) is 12.5 Å². The van der Waals surface area contributed by atoms with E-state index in [-0.39, 0.29) is 0 Å². The molecule has 5 nitrogen and oxygen atoms in total. The van der Waals surface area contributed by atoms with E-state index in [1.54, 1.807) is 21.1 Å². The zero-order valence-electron chi connectivity index (χ0n) is 11.4. The predicted molar refractivity (Wildman–Crippen MR) is 72.6 cm³/mol. The van der Waals surface area contributed by atoms with Crippen molar-refractivity contribution < 1.29 is 19.4 Å². The van der Waals surface area contributed by atoms with Gasteiger partial charge in [-0.2, -0.15) is 0 Å². The summed E-state index contributed by atoms with van der Waals surface area (Å²) in [7, 11) is 3.19. The van der Waals surface area contributed by atoms with E-state index in [0.29, 0.717) is 24.6 Å². The fourth-order valence-electron chi connectivity index (χ4n) is 1.66. The van der Waals surface area contributed by atoms with Crippen molar-refractivity contribution in [3.63, 3.8) is 0 Å². The van der Waals surface area contributed by atoms with Gasteiger partial charge in [-0.15, -0.1) is 0 Å². The van der Waals surface area contributed by atoms with E-state index in [4.69, 9.17) is 14.6 Å². The molecule has 19 heavy (non-hydrogen) atoms. The van der Waals surface area contributed by atoms with Gasteiger partial charge in [0.25, 0.3) is 0 Å². The first kappa shape index (κ1) is 15.0. The Balaban J connectivity index is 2.56. The highest BCUT2D eigenvalue weighted by Crippen LogP contribution is 2.27. The van der Waals surface area contributed by atoms with Crippen LogP contribution in [0.2, 0.25) is 0 Å². The molecule has 0 fully saturated rings. The van der Waals surface area contributed by atoms with Crippen LogP contribution < -0.4 is 14.8 Å². The van der Waals surface area contributed by atoms with Crippen molar-refractivity contribution in [2.75, 3.05) is 20.8 Å². The molecule has 0 aliphatic heterocycles. The molecule has 0 aliphatic carbocycles. The van der Waals surface area contributed by atoms with Gasteiger partial charge in [0.15, 0.2) is 11.5 Å². The molecule has 1 rings (SSSR count). The zero-order chi connectivity index (χ0) is 14.3. The Labute approximate surface area is 112 Å². The lowest BCUT2D eigenvalue weighted by molar-refractivity contribution is -0.131. The third-order valence-electron chi connectivity index (χ3n) is 2.55. The maximum Gasteiger partial charge on any atom is 0.328 e. The summed E-state index contributed by atoms with van der Waals surface area (Å²) >= 11 is 0. The number of carbonyl (C=O) groups is 1. The molecule has 5 heteroatoms. The monoisotopic (exact) mass is 265 g/mol. The SMILES string of the molecule is COc1ccc(CNC/C(C)=C/C(=O)O)cc1OC. The van der Waals surface area contributed by atoms with Crippen molar-refractivity contribution >= 4 is 5.97 Å². The summed E-state index contributed by atoms with van der Waals surface area (Å²) < 4.78 is 10.4. The molecule has 0 spiro atoms. The van der Waals surface area contributed by atoms with Crippen LogP contribution in [0.5, 0.6) is 11.5 Å². The molecule has 1 aromatic carbocycles. The van der Waals surface area contributed by atoms with Gasteiger partial charge >= 0.3 is 5.97 Å². The molecule has 104 valence electrons. The number of hydrogen-bond acceptors (Lipinski definition) is 4. The summed E-state index contributed by atoms with van der Waals surface area (Å²) in [6.07, 6.45) is 1.20. The molecule has 0 aromatic heterocycles. The highest BCUT2D eigenvalue weighted by Gasteiger charge is 2.04. The van der Waals surface area contributed by atoms with Gasteiger partial charge in [0, 0.05) is 19.2 Å². The Morgan fingerprint density at radius 1 is 1.32 bits per heavy atom. The summed E-state index contributed by atoms with van der Waals surface area (Å²) in [5.74, 6) is 0.443. The number of hydrogen-bond donors (Lipinski definition) is 2. The molecule has 0 bridgehead atoms. The topological polar surface area (TPSA) is 67.8 Å². The first-order valence-corrected chi connectivity index (χ1v) is 5.88. The van der Waals surface area contributed by atoms with Crippen LogP contribution in [-0.4, -0.2) is 31.8 Å². The van der Waals surface area contributed by atoms with Gasteiger partial charge in [0.1, 0.15) is 0 Å². The Bertz CT molecular complexity index is 469. The largest absolute Gasteiger partial charge is 0.493 e. The van der Waals surface area contributed by atoms with Gasteiger partial charge in [0.2, 0.25) is 0 Å². The summed E-state index contributed by atoms with van der Waals surface area (Å²) in [5, 5.41) is 11.8. The number of carboxylic acid groups (broad SMARTS) is 1. The number of nitrogens with one attached hydrogen (secondary N) is 1. The minimum Gasteiger partial charge on any atom is -0.493 e. The molecule has 0 heterocycles. The first-order valence-electron chi connectivity index (χ1n) is 5.88. The number of carboxylic acids is 1. The van der Waals surface area contributed by atoms with E-state index in [9.17, 15) is 4.79 Å². The molecule has 0 atom stereocenters. The molecule has 0 radical (unpaired) electrons. The van der Waals surface area contributed by atoms with E-state index in [0.717, 1.165) is 11.1 Å². The summed E-state index contributed by atoms with van der Waals surface area (Å²) in [6, 6.07) is 5.67. The Hall–Kier alpha value is -2.01. The van der Waals surface area contributed by atoms with Crippen LogP contribution in [-0.2, 0) is 11.3 Å². The Morgan fingerprint density at radius 2 is 2.00 bits per heavy atom. The van der Waals surface area contributed by atoms with Crippen molar-refractivity contribution in [3.8, 4) is 11.5 Å². The molecule has 1 aromatic rings. The van der Waals surface area contributed by atoms with E-state index in [1.165, 1.54) is 6.08 Å². The molecular formula is C14H19NO4. The van der Waals surface area contributed by atoms with Crippen molar-refractivity contribution in [2.24, 2.45) is 0 Å². The zero-order valence-corrected chi connectivity index (χ0v) is 11.4. The molecule has 0 unspecified atom stereocenters. The van der Waals surface area contributed by atoms with E-state index < -0.39 is 5.97 Å². The highest BCUT2D eigenvalue weighted by atomic mass is 16.5. The Morgan fingerprint density at radius 3 is 2.58 bits per heavy atom. The van der Waals surface area contributed by atoms with Crippen LogP contribution >= 0.6 is 0 Å². The summed E-state index contributed by atoms with van der Waals surface area (Å²) in [4.78, 5) is 10.5. The minimum absolute atomic E-state index is 0.528. The fraction of sp³-hybridized carbons (Fsp3) is 0.357. The van der Waals surface area contributed by atoms with Crippen molar-refractivity contribution in [2.45, 2.75) is 13.5 Å². The molecular weight excluding hydrogens is 246 g/mol. The number of ether oxygens (including phenoxy) is 2. The number of aliphatic carboxylic acids is 1. The predicted octanol–water partition coefficient (Wildman–Crippen LogP) is 1.82. The van der Waals surface area contributed by atoms with Gasteiger partial charge in [-0.1, -0.05) is 11.6 Å². The number of benzene rings is 1. The highest BCUT2D eigenvalue weighted by molar-refractivity contribution is 5.80. The number of methoxy groups -OCH3 is 2. The van der Waals surface area contributed by atoms with E-state index in [2.05, 4.69) is 5.32 Å². The van der Waals surface area contributed by atoms with Crippen LogP contribution in [0.25, 0.3) is 0 Å². The molecule has 2 N–H and O–H groups in total. The molecule has 0 saturated carbocycles. The van der Waals surface area contributed by atoms with Crippen LogP contribution in [0.3, 0.4) is 0 Å². The Kier molecular flexibility index (Phi) is 5.89. The average Bonchev–Trinajstić information content (AvgIpc) is 2.37. The minimum atomic E-state index is -0.926. The normalized spacial score (nSPS) is 11.2. The van der Waals surface area contributed by atoms with Crippen LogP contribution in [0, 0.1) is 0 Å². The average molecular weight is 265 g/mol. The lowest BCUT2D eigenvalue weighted by Gasteiger charge is -2.10. The van der Waals surface area contributed by atoms with Crippen molar-refractivity contribution in [1.82, 2.24) is 5.32 Å². The molecule has 0 aliphatic rings. The molecule has 0 amide bonds.